The zero-order chi connectivity index (χ0) is 21.5. The van der Waals surface area contributed by atoms with Crippen molar-refractivity contribution in [2.45, 2.75) is 52.2 Å². The quantitative estimate of drug-likeness (QED) is 0.369. The largest absolute Gasteiger partial charge is 0.478 e. The van der Waals surface area contributed by atoms with Crippen LogP contribution in [-0.2, 0) is 0 Å². The Morgan fingerprint density at radius 3 is 1.52 bits per heavy atom. The Morgan fingerprint density at radius 1 is 0.926 bits per heavy atom. The van der Waals surface area contributed by atoms with Crippen LogP contribution in [-0.4, -0.2) is 61.6 Å². The van der Waals surface area contributed by atoms with Crippen molar-refractivity contribution in [3.63, 3.8) is 0 Å². The number of unbranched alkanes of at least 4 members (excludes halogenated alkanes) is 1. The lowest BCUT2D eigenvalue weighted by atomic mass is 9.93. The van der Waals surface area contributed by atoms with Crippen molar-refractivity contribution in [2.75, 3.05) is 13.2 Å². The smallest absolute Gasteiger partial charge is 0.335 e. The molecule has 0 aromatic heterocycles. The van der Waals surface area contributed by atoms with Crippen molar-refractivity contribution >= 4 is 11.9 Å². The minimum absolute atomic E-state index is 0.0194. The first-order chi connectivity index (χ1) is 12.6. The van der Waals surface area contributed by atoms with Crippen molar-refractivity contribution in [1.29, 1.82) is 0 Å². The third-order valence-electron chi connectivity index (χ3n) is 3.78. The number of aliphatic hydroxyl groups excluding tert-OH is 2. The average molecular weight is 388 g/mol. The molecule has 0 saturated heterocycles. The molecule has 1 aromatic rings. The monoisotopic (exact) mass is 388 g/mol. The van der Waals surface area contributed by atoms with Crippen molar-refractivity contribution in [3.05, 3.63) is 35.4 Å². The molecule has 1 rings (SSSR count). The van der Waals surface area contributed by atoms with Gasteiger partial charge in [0.2, 0.25) is 0 Å². The van der Waals surface area contributed by atoms with Crippen molar-refractivity contribution in [1.82, 2.24) is 0 Å². The third-order valence-corrected chi connectivity index (χ3v) is 3.78. The van der Waals surface area contributed by atoms with Gasteiger partial charge in [0.25, 0.3) is 0 Å². The molecule has 8 heteroatoms. The van der Waals surface area contributed by atoms with E-state index < -0.39 is 17.7 Å². The minimum atomic E-state index is -1.44. The maximum absolute atomic E-state index is 10.3. The topological polar surface area (TPSA) is 156 Å². The van der Waals surface area contributed by atoms with E-state index in [1.165, 1.54) is 24.3 Å². The third kappa shape index (κ3) is 12.9. The van der Waals surface area contributed by atoms with Crippen LogP contribution in [0.2, 0.25) is 0 Å². The summed E-state index contributed by atoms with van der Waals surface area (Å²) in [6.07, 6.45) is 3.21. The van der Waals surface area contributed by atoms with E-state index in [0.717, 1.165) is 19.3 Å². The predicted octanol–water partition coefficient (Wildman–Crippen LogP) is 1.96. The molecule has 0 aliphatic heterocycles. The van der Waals surface area contributed by atoms with Gasteiger partial charge in [-0.05, 0) is 37.1 Å². The molecule has 0 aliphatic carbocycles. The van der Waals surface area contributed by atoms with Gasteiger partial charge in [0.15, 0.2) is 5.79 Å². The summed E-state index contributed by atoms with van der Waals surface area (Å²) in [5.74, 6) is -3.59. The summed E-state index contributed by atoms with van der Waals surface area (Å²) in [6.45, 7) is 5.64. The summed E-state index contributed by atoms with van der Waals surface area (Å²) < 4.78 is 0. The lowest BCUT2D eigenvalue weighted by Gasteiger charge is -2.27. The van der Waals surface area contributed by atoms with Gasteiger partial charge < -0.3 is 30.6 Å². The molecule has 1 unspecified atom stereocenters. The number of carboxylic acids is 2. The molecule has 0 saturated carbocycles. The molecule has 1 aromatic carbocycles. The van der Waals surface area contributed by atoms with Crippen LogP contribution in [0.25, 0.3) is 0 Å². The molecule has 8 nitrogen and oxygen atoms in total. The van der Waals surface area contributed by atoms with Crippen LogP contribution in [0.1, 0.15) is 67.2 Å². The SMILES string of the molecule is CCCCC(O)(O)C(C)CC.O=C(O)c1ccc(C(=O)O)cc1.OCCO. The predicted molar refractivity (Wildman–Crippen MR) is 101 cm³/mol. The van der Waals surface area contributed by atoms with Crippen LogP contribution >= 0.6 is 0 Å². The highest BCUT2D eigenvalue weighted by Crippen LogP contribution is 2.22. The summed E-state index contributed by atoms with van der Waals surface area (Å²) in [5.41, 5.74) is 0.167. The molecule has 0 amide bonds. The van der Waals surface area contributed by atoms with Crippen molar-refractivity contribution in [3.8, 4) is 0 Å². The van der Waals surface area contributed by atoms with E-state index in [1.54, 1.807) is 0 Å². The number of hydrogen-bond donors (Lipinski definition) is 6. The molecule has 0 heterocycles. The van der Waals surface area contributed by atoms with Gasteiger partial charge in [0.05, 0.1) is 24.3 Å². The van der Waals surface area contributed by atoms with Gasteiger partial charge in [-0.3, -0.25) is 0 Å². The second-order valence-electron chi connectivity index (χ2n) is 5.93. The molecule has 27 heavy (non-hydrogen) atoms. The lowest BCUT2D eigenvalue weighted by Crippen LogP contribution is -2.35. The zero-order valence-corrected chi connectivity index (χ0v) is 16.1. The Bertz CT molecular complexity index is 490. The molecule has 156 valence electrons. The van der Waals surface area contributed by atoms with Gasteiger partial charge in [-0.1, -0.05) is 27.2 Å². The fraction of sp³-hybridized carbons (Fsp3) is 0.579. The molecule has 0 radical (unpaired) electrons. The maximum Gasteiger partial charge on any atom is 0.335 e. The van der Waals surface area contributed by atoms with Crippen LogP contribution in [0.3, 0.4) is 0 Å². The Labute approximate surface area is 159 Å². The highest BCUT2D eigenvalue weighted by Gasteiger charge is 2.28. The number of carboxylic acid groups (broad SMARTS) is 2. The van der Waals surface area contributed by atoms with Gasteiger partial charge in [-0.25, -0.2) is 9.59 Å². The summed E-state index contributed by atoms with van der Waals surface area (Å²) in [7, 11) is 0. The molecule has 1 atom stereocenters. The summed E-state index contributed by atoms with van der Waals surface area (Å²) >= 11 is 0. The van der Waals surface area contributed by atoms with Crippen LogP contribution < -0.4 is 0 Å². The van der Waals surface area contributed by atoms with E-state index in [-0.39, 0.29) is 30.3 Å². The highest BCUT2D eigenvalue weighted by atomic mass is 16.5. The van der Waals surface area contributed by atoms with Crippen LogP contribution in [0.5, 0.6) is 0 Å². The summed E-state index contributed by atoms with van der Waals surface area (Å²) in [5, 5.41) is 51.1. The summed E-state index contributed by atoms with van der Waals surface area (Å²) in [4.78, 5) is 20.7. The molecule has 0 bridgehead atoms. The van der Waals surface area contributed by atoms with Crippen LogP contribution in [0.15, 0.2) is 24.3 Å². The normalized spacial score (nSPS) is 11.4. The number of rotatable bonds is 8. The van der Waals surface area contributed by atoms with E-state index in [2.05, 4.69) is 0 Å². The van der Waals surface area contributed by atoms with Gasteiger partial charge in [-0.15, -0.1) is 0 Å². The van der Waals surface area contributed by atoms with Gasteiger partial charge in [0.1, 0.15) is 0 Å². The average Bonchev–Trinajstić information content (AvgIpc) is 2.66. The first kappa shape index (κ1) is 27.2. The first-order valence-corrected chi connectivity index (χ1v) is 8.80. The standard InChI is InChI=1S/C9H20O2.C8H6O4.C2H6O2/c1-4-6-7-9(10,11)8(3)5-2;9-7(10)5-1-2-6(4-3-5)8(11)12;3-1-2-4/h8,10-11H,4-7H2,1-3H3;1-4H,(H,9,10)(H,11,12);3-4H,1-2H2. The Morgan fingerprint density at radius 2 is 1.30 bits per heavy atom. The minimum Gasteiger partial charge on any atom is -0.478 e. The number of aliphatic hydroxyl groups is 4. The second-order valence-corrected chi connectivity index (χ2v) is 5.93. The number of aromatic carboxylic acids is 2. The molecule has 0 spiro atoms. The van der Waals surface area contributed by atoms with Crippen LogP contribution in [0, 0.1) is 5.92 Å². The Balaban J connectivity index is 0. The van der Waals surface area contributed by atoms with Gasteiger partial charge in [-0.2, -0.15) is 0 Å². The highest BCUT2D eigenvalue weighted by molar-refractivity contribution is 5.91. The van der Waals surface area contributed by atoms with Crippen molar-refractivity contribution in [2.24, 2.45) is 5.92 Å². The number of carbonyl (C=O) groups is 2. The van der Waals surface area contributed by atoms with E-state index >= 15 is 0 Å². The molecular formula is C19H32O8. The molecule has 6 N–H and O–H groups in total. The number of hydrogen-bond acceptors (Lipinski definition) is 6. The fourth-order valence-corrected chi connectivity index (χ4v) is 1.77. The Hall–Kier alpha value is -2.00. The Kier molecular flexibility index (Phi) is 15.2. The van der Waals surface area contributed by atoms with E-state index in [4.69, 9.17) is 20.4 Å². The fourth-order valence-electron chi connectivity index (χ4n) is 1.77. The second kappa shape index (κ2) is 15.1. The molecular weight excluding hydrogens is 356 g/mol. The van der Waals surface area contributed by atoms with Crippen molar-refractivity contribution < 1.29 is 40.2 Å². The summed E-state index contributed by atoms with van der Waals surface area (Å²) in [6, 6.07) is 5.02. The van der Waals surface area contributed by atoms with Gasteiger partial charge >= 0.3 is 11.9 Å². The zero-order valence-electron chi connectivity index (χ0n) is 16.1. The lowest BCUT2D eigenvalue weighted by molar-refractivity contribution is -0.201. The maximum atomic E-state index is 10.3. The van der Waals surface area contributed by atoms with Crippen LogP contribution in [0.4, 0.5) is 0 Å². The number of benzene rings is 1. The van der Waals surface area contributed by atoms with E-state index in [9.17, 15) is 19.8 Å². The van der Waals surface area contributed by atoms with E-state index in [0.29, 0.717) is 6.42 Å². The van der Waals surface area contributed by atoms with Gasteiger partial charge in [0, 0.05) is 12.3 Å². The first-order valence-electron chi connectivity index (χ1n) is 8.80. The molecule has 0 aliphatic rings. The van der Waals surface area contributed by atoms with E-state index in [1.807, 2.05) is 20.8 Å². The molecule has 0 fully saturated rings.